The third-order valence-electron chi connectivity index (χ3n) is 3.43. The minimum absolute atomic E-state index is 0.245. The predicted octanol–water partition coefficient (Wildman–Crippen LogP) is 4.32. The topological polar surface area (TPSA) is 47.6 Å². The van der Waals surface area contributed by atoms with Crippen LogP contribution in [0.5, 0.6) is 11.5 Å². The monoisotopic (exact) mass is 333 g/mol. The molecule has 0 bridgehead atoms. The van der Waals surface area contributed by atoms with Crippen LogP contribution in [0.4, 0.5) is 5.69 Å². The van der Waals surface area contributed by atoms with Crippen molar-refractivity contribution in [2.24, 2.45) is 0 Å². The molecule has 2 rings (SSSR count). The fourth-order valence-corrected chi connectivity index (χ4v) is 2.31. The molecule has 1 amide bonds. The minimum atomic E-state index is -0.622. The molecule has 1 atom stereocenters. The van der Waals surface area contributed by atoms with Crippen LogP contribution < -0.4 is 14.8 Å². The van der Waals surface area contributed by atoms with Crippen LogP contribution in [0, 0.1) is 0 Å². The first-order valence-electron chi connectivity index (χ1n) is 7.43. The zero-order valence-corrected chi connectivity index (χ0v) is 14.2. The maximum absolute atomic E-state index is 12.2. The first-order chi connectivity index (χ1) is 11.0. The van der Waals surface area contributed by atoms with E-state index in [9.17, 15) is 4.79 Å². The van der Waals surface area contributed by atoms with Crippen molar-refractivity contribution in [2.45, 2.75) is 26.4 Å². The molecule has 4 nitrogen and oxygen atoms in total. The lowest BCUT2D eigenvalue weighted by molar-refractivity contribution is -0.122. The molecule has 0 heterocycles. The Morgan fingerprint density at radius 3 is 2.48 bits per heavy atom. The van der Waals surface area contributed by atoms with Crippen molar-refractivity contribution >= 4 is 23.2 Å². The number of aryl methyl sites for hydroxylation is 1. The Balaban J connectivity index is 1.97. The molecular formula is C18H20ClNO3. The SMILES string of the molecule is CCc1ccc(O[C@@H](C)C(=O)Nc2ccc(OC)c(Cl)c2)cc1. The maximum atomic E-state index is 12.2. The molecule has 0 aromatic heterocycles. The molecule has 0 aliphatic rings. The first-order valence-corrected chi connectivity index (χ1v) is 7.81. The Bertz CT molecular complexity index is 670. The van der Waals surface area contributed by atoms with E-state index in [-0.39, 0.29) is 5.91 Å². The van der Waals surface area contributed by atoms with Crippen LogP contribution in [-0.2, 0) is 11.2 Å². The summed E-state index contributed by atoms with van der Waals surface area (Å²) in [5, 5.41) is 3.21. The highest BCUT2D eigenvalue weighted by atomic mass is 35.5. The largest absolute Gasteiger partial charge is 0.495 e. The van der Waals surface area contributed by atoms with Gasteiger partial charge in [-0.05, 0) is 49.2 Å². The van der Waals surface area contributed by atoms with E-state index in [1.54, 1.807) is 32.2 Å². The predicted molar refractivity (Wildman–Crippen MR) is 92.5 cm³/mol. The van der Waals surface area contributed by atoms with Crippen LogP contribution in [0.1, 0.15) is 19.4 Å². The number of ether oxygens (including phenoxy) is 2. The molecule has 0 spiro atoms. The molecule has 2 aromatic carbocycles. The summed E-state index contributed by atoms with van der Waals surface area (Å²) in [5.74, 6) is 0.980. The van der Waals surface area contributed by atoms with Crippen LogP contribution in [0.25, 0.3) is 0 Å². The van der Waals surface area contributed by atoms with Gasteiger partial charge in [-0.2, -0.15) is 0 Å². The van der Waals surface area contributed by atoms with Gasteiger partial charge < -0.3 is 14.8 Å². The quantitative estimate of drug-likeness (QED) is 0.856. The maximum Gasteiger partial charge on any atom is 0.265 e. The molecule has 0 unspecified atom stereocenters. The average molecular weight is 334 g/mol. The molecule has 0 aliphatic carbocycles. The number of methoxy groups -OCH3 is 1. The Hall–Kier alpha value is -2.20. The number of nitrogens with one attached hydrogen (secondary N) is 1. The standard InChI is InChI=1S/C18H20ClNO3/c1-4-13-5-8-15(9-6-13)23-12(2)18(21)20-14-7-10-17(22-3)16(19)11-14/h5-12H,4H2,1-3H3,(H,20,21)/t12-/m0/s1. The number of rotatable bonds is 6. The highest BCUT2D eigenvalue weighted by Crippen LogP contribution is 2.27. The molecule has 122 valence electrons. The summed E-state index contributed by atoms with van der Waals surface area (Å²) in [6.45, 7) is 3.79. The third-order valence-corrected chi connectivity index (χ3v) is 3.73. The summed E-state index contributed by atoms with van der Waals surface area (Å²) >= 11 is 6.04. The van der Waals surface area contributed by atoms with Gasteiger partial charge in [0.2, 0.25) is 0 Å². The second kappa shape index (κ2) is 7.88. The molecule has 0 saturated carbocycles. The average Bonchev–Trinajstić information content (AvgIpc) is 2.55. The van der Waals surface area contributed by atoms with E-state index < -0.39 is 6.10 Å². The molecule has 1 N–H and O–H groups in total. The number of carbonyl (C=O) groups excluding carboxylic acids is 1. The lowest BCUT2D eigenvalue weighted by Crippen LogP contribution is -2.30. The fraction of sp³-hybridized carbons (Fsp3) is 0.278. The van der Waals surface area contributed by atoms with E-state index in [2.05, 4.69) is 12.2 Å². The van der Waals surface area contributed by atoms with Gasteiger partial charge in [-0.1, -0.05) is 30.7 Å². The van der Waals surface area contributed by atoms with Crippen LogP contribution in [0.3, 0.4) is 0 Å². The lowest BCUT2D eigenvalue weighted by Gasteiger charge is -2.15. The van der Waals surface area contributed by atoms with Crippen LogP contribution >= 0.6 is 11.6 Å². The van der Waals surface area contributed by atoms with E-state index in [1.165, 1.54) is 5.56 Å². The number of halogens is 1. The van der Waals surface area contributed by atoms with Gasteiger partial charge >= 0.3 is 0 Å². The number of hydrogen-bond acceptors (Lipinski definition) is 3. The zero-order chi connectivity index (χ0) is 16.8. The van der Waals surface area contributed by atoms with Crippen molar-refractivity contribution in [3.63, 3.8) is 0 Å². The van der Waals surface area contributed by atoms with Gasteiger partial charge in [0.1, 0.15) is 11.5 Å². The van der Waals surface area contributed by atoms with E-state index in [4.69, 9.17) is 21.1 Å². The Labute approximate surface area is 141 Å². The van der Waals surface area contributed by atoms with E-state index in [0.29, 0.717) is 22.2 Å². The molecule has 2 aromatic rings. The van der Waals surface area contributed by atoms with Crippen molar-refractivity contribution in [1.29, 1.82) is 0 Å². The minimum Gasteiger partial charge on any atom is -0.495 e. The number of carbonyl (C=O) groups is 1. The van der Waals surface area contributed by atoms with Gasteiger partial charge in [-0.3, -0.25) is 4.79 Å². The Morgan fingerprint density at radius 2 is 1.91 bits per heavy atom. The van der Waals surface area contributed by atoms with Gasteiger partial charge in [0, 0.05) is 5.69 Å². The van der Waals surface area contributed by atoms with E-state index in [0.717, 1.165) is 6.42 Å². The van der Waals surface area contributed by atoms with Crippen LogP contribution in [0.15, 0.2) is 42.5 Å². The van der Waals surface area contributed by atoms with Gasteiger partial charge in [-0.15, -0.1) is 0 Å². The zero-order valence-electron chi connectivity index (χ0n) is 13.4. The Morgan fingerprint density at radius 1 is 1.22 bits per heavy atom. The van der Waals surface area contributed by atoms with Crippen LogP contribution in [0.2, 0.25) is 5.02 Å². The van der Waals surface area contributed by atoms with Crippen molar-refractivity contribution < 1.29 is 14.3 Å². The summed E-state index contributed by atoms with van der Waals surface area (Å²) in [6.07, 6.45) is 0.345. The summed E-state index contributed by atoms with van der Waals surface area (Å²) < 4.78 is 10.7. The molecule has 0 aliphatic heterocycles. The van der Waals surface area contributed by atoms with Gasteiger partial charge in [-0.25, -0.2) is 0 Å². The highest BCUT2D eigenvalue weighted by molar-refractivity contribution is 6.32. The van der Waals surface area contributed by atoms with Crippen molar-refractivity contribution in [1.82, 2.24) is 0 Å². The van der Waals surface area contributed by atoms with Gasteiger partial charge in [0.15, 0.2) is 6.10 Å². The second-order valence-corrected chi connectivity index (χ2v) is 5.50. The number of hydrogen-bond donors (Lipinski definition) is 1. The van der Waals surface area contributed by atoms with Crippen molar-refractivity contribution in [2.75, 3.05) is 12.4 Å². The lowest BCUT2D eigenvalue weighted by atomic mass is 10.2. The Kier molecular flexibility index (Phi) is 5.88. The summed E-state index contributed by atoms with van der Waals surface area (Å²) in [6, 6.07) is 12.8. The summed E-state index contributed by atoms with van der Waals surface area (Å²) in [4.78, 5) is 12.2. The number of benzene rings is 2. The first kappa shape index (κ1) is 17.2. The second-order valence-electron chi connectivity index (χ2n) is 5.10. The third kappa shape index (κ3) is 4.63. The summed E-state index contributed by atoms with van der Waals surface area (Å²) in [5.41, 5.74) is 1.82. The van der Waals surface area contributed by atoms with E-state index in [1.807, 2.05) is 24.3 Å². The van der Waals surface area contributed by atoms with Crippen molar-refractivity contribution in [3.8, 4) is 11.5 Å². The molecule has 0 fully saturated rings. The van der Waals surface area contributed by atoms with E-state index >= 15 is 0 Å². The molecule has 0 radical (unpaired) electrons. The fourth-order valence-electron chi connectivity index (χ4n) is 2.05. The number of anilines is 1. The molecule has 0 saturated heterocycles. The molecule has 5 heteroatoms. The summed E-state index contributed by atoms with van der Waals surface area (Å²) in [7, 11) is 1.54. The number of amides is 1. The van der Waals surface area contributed by atoms with Crippen molar-refractivity contribution in [3.05, 3.63) is 53.1 Å². The normalized spacial score (nSPS) is 11.7. The van der Waals surface area contributed by atoms with Gasteiger partial charge in [0.05, 0.1) is 12.1 Å². The molecular weight excluding hydrogens is 314 g/mol. The van der Waals surface area contributed by atoms with Gasteiger partial charge in [0.25, 0.3) is 5.91 Å². The van der Waals surface area contributed by atoms with Crippen LogP contribution in [-0.4, -0.2) is 19.1 Å². The smallest absolute Gasteiger partial charge is 0.265 e. The highest BCUT2D eigenvalue weighted by Gasteiger charge is 2.15. The molecule has 23 heavy (non-hydrogen) atoms.